The first kappa shape index (κ1) is 45.0. The Morgan fingerprint density at radius 2 is 1.15 bits per heavy atom. The van der Waals surface area contributed by atoms with E-state index in [1.54, 1.807) is 13.8 Å². The maximum Gasteiger partial charge on any atom is 0.201 e. The van der Waals surface area contributed by atoms with Crippen LogP contribution >= 0.6 is 0 Å². The number of fused-ring (bicyclic) bond motifs is 16. The number of aliphatic hydroxyl groups is 7. The highest BCUT2D eigenvalue weighted by atomic mass is 16.7. The third-order valence-electron chi connectivity index (χ3n) is 23.5. The van der Waals surface area contributed by atoms with E-state index in [4.69, 9.17) is 28.9 Å². The molecule has 12 aliphatic rings. The molecule has 23 atom stereocenters. The SMILES string of the molecule is C[C@@H]1[C@@]2(CC[C@](C)(O)CO2)O[C@H]2C=C3[C@@H]4CC[C@H]5Cc6nc7c(nc6C[C@]5(C)[C@H]4C[C@@H](O)[C@]3(C)[C@]21O)C[C@@H]1CC[C@H]2C3=C[C@@H]4O[C@]5(O[C@](C)(CO)C[C@H]5O)[C@H](C)[C@]4(O)[C@@]3(C)[C@H](O)C[C@@H]2[C@@]1(C)C7. The van der Waals surface area contributed by atoms with Crippen LogP contribution in [0.4, 0.5) is 0 Å². The molecule has 0 amide bonds. The van der Waals surface area contributed by atoms with Crippen LogP contribution in [0.1, 0.15) is 136 Å². The maximum atomic E-state index is 12.9. The normalized spacial score (nSPS) is 59.8. The Hall–Kier alpha value is -1.88. The van der Waals surface area contributed by atoms with E-state index in [-0.39, 0.29) is 54.1 Å². The van der Waals surface area contributed by atoms with Crippen molar-refractivity contribution in [1.29, 1.82) is 0 Å². The molecule has 13 heteroatoms. The highest BCUT2D eigenvalue weighted by Crippen LogP contribution is 2.73. The third-order valence-corrected chi connectivity index (χ3v) is 23.5. The Morgan fingerprint density at radius 1 is 0.642 bits per heavy atom. The zero-order valence-corrected chi connectivity index (χ0v) is 40.9. The van der Waals surface area contributed by atoms with Crippen LogP contribution in [0.15, 0.2) is 23.3 Å². The topological polar surface area (TPSA) is 204 Å². The average molecular weight is 929 g/mol. The van der Waals surface area contributed by atoms with Gasteiger partial charge in [-0.15, -0.1) is 0 Å². The summed E-state index contributed by atoms with van der Waals surface area (Å²) in [4.78, 5) is 11.2. The molecule has 5 heterocycles. The van der Waals surface area contributed by atoms with E-state index in [0.717, 1.165) is 85.3 Å². The summed E-state index contributed by atoms with van der Waals surface area (Å²) >= 11 is 0. The summed E-state index contributed by atoms with van der Waals surface area (Å²) in [6, 6.07) is 0. The van der Waals surface area contributed by atoms with E-state index >= 15 is 0 Å². The summed E-state index contributed by atoms with van der Waals surface area (Å²) in [5, 5.41) is 83.0. The third kappa shape index (κ3) is 5.11. The van der Waals surface area contributed by atoms with Gasteiger partial charge in [-0.1, -0.05) is 64.8 Å². The van der Waals surface area contributed by atoms with Gasteiger partial charge in [0.25, 0.3) is 0 Å². The Morgan fingerprint density at radius 3 is 1.63 bits per heavy atom. The van der Waals surface area contributed by atoms with Crippen LogP contribution in [0.2, 0.25) is 0 Å². The zero-order valence-electron chi connectivity index (χ0n) is 40.9. The lowest BCUT2D eigenvalue weighted by Gasteiger charge is -2.62. The molecule has 2 spiro atoms. The minimum atomic E-state index is -1.50. The molecule has 4 saturated carbocycles. The quantitative estimate of drug-likeness (QED) is 0.196. The van der Waals surface area contributed by atoms with Crippen LogP contribution in [0, 0.1) is 69.0 Å². The van der Waals surface area contributed by atoms with Gasteiger partial charge < -0.3 is 54.7 Å². The lowest BCUT2D eigenvalue weighted by atomic mass is 9.44. The van der Waals surface area contributed by atoms with Crippen LogP contribution in [-0.4, -0.2) is 123 Å². The first-order chi connectivity index (χ1) is 31.4. The molecule has 368 valence electrons. The van der Waals surface area contributed by atoms with E-state index in [1.165, 1.54) is 0 Å². The molecule has 13 rings (SSSR count). The van der Waals surface area contributed by atoms with Crippen molar-refractivity contribution in [2.24, 2.45) is 69.0 Å². The van der Waals surface area contributed by atoms with E-state index in [0.29, 0.717) is 37.5 Å². The molecule has 1 aromatic rings. The fourth-order valence-corrected chi connectivity index (χ4v) is 19.3. The van der Waals surface area contributed by atoms with Crippen molar-refractivity contribution in [3.63, 3.8) is 0 Å². The van der Waals surface area contributed by atoms with Crippen LogP contribution in [0.5, 0.6) is 0 Å². The summed E-state index contributed by atoms with van der Waals surface area (Å²) in [5.74, 6) is -1.98. The van der Waals surface area contributed by atoms with Crippen molar-refractivity contribution >= 4 is 0 Å². The second-order valence-electron chi connectivity index (χ2n) is 26.3. The number of hydrogen-bond donors (Lipinski definition) is 7. The minimum Gasteiger partial charge on any atom is -0.393 e. The van der Waals surface area contributed by atoms with Gasteiger partial charge in [-0.3, -0.25) is 9.97 Å². The Kier molecular flexibility index (Phi) is 9.00. The Bertz CT molecular complexity index is 2380. The van der Waals surface area contributed by atoms with E-state index in [2.05, 4.69) is 32.9 Å². The van der Waals surface area contributed by atoms with Crippen LogP contribution < -0.4 is 0 Å². The monoisotopic (exact) mass is 929 g/mol. The molecule has 0 aromatic carbocycles. The van der Waals surface area contributed by atoms with Gasteiger partial charge in [-0.05, 0) is 131 Å². The highest BCUT2D eigenvalue weighted by Gasteiger charge is 2.80. The molecule has 1 aromatic heterocycles. The fourth-order valence-electron chi connectivity index (χ4n) is 19.3. The maximum absolute atomic E-state index is 12.9. The van der Waals surface area contributed by atoms with Gasteiger partial charge >= 0.3 is 0 Å². The Labute approximate surface area is 395 Å². The van der Waals surface area contributed by atoms with Crippen molar-refractivity contribution in [3.05, 3.63) is 46.1 Å². The molecule has 4 saturated heterocycles. The van der Waals surface area contributed by atoms with Gasteiger partial charge in [0.2, 0.25) is 5.79 Å². The smallest absolute Gasteiger partial charge is 0.201 e. The van der Waals surface area contributed by atoms with Gasteiger partial charge in [-0.2, -0.15) is 0 Å². The standard InChI is InChI=1S/C54H76N2O11/c1-26-51(14-13-45(3,61)25-64-51)65-43-19-34-30-11-9-28-15-36-38(21-47(28,5)32(30)17-40(58)49(34,7)52(26,43)62)55-37-16-29-10-12-31-33(48(29,6)22-39(37)56-36)18-41(59)50(8)35(31)20-44-53(50,63)27(2)54(66-44)42(60)23-46(4,24-57)67-54/h19-20,26-33,40-44,57-63H,9-18,21-25H2,1-8H3/t26-,27-,28+,29+,30-,31-,32+,33+,40-,41-,42-,43+,44+,45+,46+,47+,48+,49-,50-,51-,52-,53-,54+/m1/s1. The van der Waals surface area contributed by atoms with Crippen molar-refractivity contribution in [2.45, 2.75) is 203 Å². The van der Waals surface area contributed by atoms with Crippen molar-refractivity contribution in [1.82, 2.24) is 9.97 Å². The average Bonchev–Trinajstić information content (AvgIpc) is 3.92. The number of ether oxygens (including phenoxy) is 4. The second kappa shape index (κ2) is 13.4. The van der Waals surface area contributed by atoms with E-state index < -0.39 is 87.2 Å². The predicted molar refractivity (Wildman–Crippen MR) is 243 cm³/mol. The first-order valence-corrected chi connectivity index (χ1v) is 26.2. The molecule has 13 nitrogen and oxygen atoms in total. The van der Waals surface area contributed by atoms with Crippen molar-refractivity contribution < 1.29 is 54.7 Å². The number of hydrogen-bond acceptors (Lipinski definition) is 13. The van der Waals surface area contributed by atoms with Crippen molar-refractivity contribution in [3.8, 4) is 0 Å². The zero-order chi connectivity index (χ0) is 47.2. The fraction of sp³-hybridized carbons (Fsp3) is 0.852. The lowest BCUT2D eigenvalue weighted by molar-refractivity contribution is -0.289. The molecule has 4 aliphatic heterocycles. The summed E-state index contributed by atoms with van der Waals surface area (Å²) in [6.07, 6.45) is 9.98. The van der Waals surface area contributed by atoms with Crippen LogP contribution in [0.25, 0.3) is 0 Å². The molecule has 7 N–H and O–H groups in total. The van der Waals surface area contributed by atoms with Gasteiger partial charge in [-0.25, -0.2) is 0 Å². The number of aromatic nitrogens is 2. The molecular weight excluding hydrogens is 853 g/mol. The molecule has 0 bridgehead atoms. The summed E-state index contributed by atoms with van der Waals surface area (Å²) in [5.41, 5.74) is -0.160. The number of nitrogens with zero attached hydrogens (tertiary/aromatic N) is 2. The largest absolute Gasteiger partial charge is 0.393 e. The first-order valence-electron chi connectivity index (χ1n) is 26.2. The summed E-state index contributed by atoms with van der Waals surface area (Å²) in [7, 11) is 0. The predicted octanol–water partition coefficient (Wildman–Crippen LogP) is 4.41. The molecule has 0 unspecified atom stereocenters. The second-order valence-corrected chi connectivity index (χ2v) is 26.3. The molecular formula is C54H76N2O11. The van der Waals surface area contributed by atoms with Crippen LogP contribution in [0.3, 0.4) is 0 Å². The summed E-state index contributed by atoms with van der Waals surface area (Å²) in [6.45, 7) is 16.3. The van der Waals surface area contributed by atoms with Gasteiger partial charge in [0.15, 0.2) is 5.79 Å². The van der Waals surface area contributed by atoms with Gasteiger partial charge in [0, 0.05) is 35.5 Å². The van der Waals surface area contributed by atoms with E-state index in [1.807, 2.05) is 20.8 Å². The van der Waals surface area contributed by atoms with Crippen molar-refractivity contribution in [2.75, 3.05) is 13.2 Å². The molecule has 67 heavy (non-hydrogen) atoms. The Balaban J connectivity index is 0.768. The highest BCUT2D eigenvalue weighted by molar-refractivity contribution is 5.45. The van der Waals surface area contributed by atoms with E-state index in [9.17, 15) is 35.7 Å². The molecule has 0 radical (unpaired) electrons. The van der Waals surface area contributed by atoms with Crippen LogP contribution in [-0.2, 0) is 44.6 Å². The summed E-state index contributed by atoms with van der Waals surface area (Å²) < 4.78 is 26.1. The molecule has 8 aliphatic carbocycles. The minimum absolute atomic E-state index is 0.0983. The van der Waals surface area contributed by atoms with Gasteiger partial charge in [0.05, 0.1) is 59.4 Å². The van der Waals surface area contributed by atoms with Gasteiger partial charge in [0.1, 0.15) is 29.5 Å². The number of rotatable bonds is 1. The lowest BCUT2D eigenvalue weighted by Crippen LogP contribution is -2.65. The molecule has 8 fully saturated rings. The number of aliphatic hydroxyl groups excluding tert-OH is 4.